The maximum absolute atomic E-state index is 9.04. The summed E-state index contributed by atoms with van der Waals surface area (Å²) >= 11 is 0. The number of aromatic nitrogens is 1. The Morgan fingerprint density at radius 3 is 2.85 bits per heavy atom. The summed E-state index contributed by atoms with van der Waals surface area (Å²) in [5, 5.41) is 17.7. The van der Waals surface area contributed by atoms with Crippen LogP contribution in [0.2, 0.25) is 0 Å². The molecule has 66 valence electrons. The minimum Gasteiger partial charge on any atom is -0.390 e. The molecule has 0 aromatic carbocycles. The Bertz CT molecular complexity index is 364. The maximum atomic E-state index is 9.04. The maximum Gasteiger partial charge on any atom is 0.140 e. The number of aliphatic hydroxyl groups is 1. The lowest BCUT2D eigenvalue weighted by Gasteiger charge is -2.04. The molecule has 3 nitrogen and oxygen atoms in total. The van der Waals surface area contributed by atoms with Gasteiger partial charge < -0.3 is 5.11 Å². The summed E-state index contributed by atoms with van der Waals surface area (Å²) in [6, 6.07) is 5.59. The van der Waals surface area contributed by atoms with Crippen molar-refractivity contribution in [2.45, 2.75) is 25.4 Å². The molecule has 0 aliphatic heterocycles. The van der Waals surface area contributed by atoms with Gasteiger partial charge in [-0.25, -0.2) is 4.98 Å². The molecule has 0 bridgehead atoms. The molecule has 13 heavy (non-hydrogen) atoms. The van der Waals surface area contributed by atoms with E-state index in [4.69, 9.17) is 10.4 Å². The highest BCUT2D eigenvalue weighted by Crippen LogP contribution is 2.41. The second-order valence-corrected chi connectivity index (χ2v) is 3.28. The molecular weight excluding hydrogens is 164 g/mol. The Morgan fingerprint density at radius 1 is 1.54 bits per heavy atom. The summed E-state index contributed by atoms with van der Waals surface area (Å²) < 4.78 is 0. The van der Waals surface area contributed by atoms with E-state index in [1.54, 1.807) is 6.07 Å². The zero-order valence-corrected chi connectivity index (χ0v) is 7.20. The van der Waals surface area contributed by atoms with Crippen molar-refractivity contribution in [3.63, 3.8) is 0 Å². The van der Waals surface area contributed by atoms with E-state index in [0.29, 0.717) is 17.3 Å². The molecule has 0 radical (unpaired) electrons. The number of nitrogens with zero attached hydrogens (tertiary/aromatic N) is 2. The van der Waals surface area contributed by atoms with Crippen LogP contribution >= 0.6 is 0 Å². The SMILES string of the molecule is N#Cc1ccc(C2CC2)c(CO)n1. The predicted octanol–water partition coefficient (Wildman–Crippen LogP) is 1.32. The lowest BCUT2D eigenvalue weighted by atomic mass is 10.1. The smallest absolute Gasteiger partial charge is 0.140 e. The van der Waals surface area contributed by atoms with Gasteiger partial charge in [0.2, 0.25) is 0 Å². The molecule has 1 aliphatic carbocycles. The molecule has 2 rings (SSSR count). The van der Waals surface area contributed by atoms with Crippen LogP contribution in [0.4, 0.5) is 0 Å². The van der Waals surface area contributed by atoms with E-state index in [9.17, 15) is 0 Å². The number of hydrogen-bond donors (Lipinski definition) is 1. The average molecular weight is 174 g/mol. The van der Waals surface area contributed by atoms with Gasteiger partial charge in [0, 0.05) is 0 Å². The second-order valence-electron chi connectivity index (χ2n) is 3.28. The van der Waals surface area contributed by atoms with Crippen LogP contribution in [0.5, 0.6) is 0 Å². The summed E-state index contributed by atoms with van der Waals surface area (Å²) in [7, 11) is 0. The van der Waals surface area contributed by atoms with Crippen molar-refractivity contribution in [3.05, 3.63) is 29.1 Å². The number of nitriles is 1. The van der Waals surface area contributed by atoms with Gasteiger partial charge in [0.25, 0.3) is 0 Å². The monoisotopic (exact) mass is 174 g/mol. The van der Waals surface area contributed by atoms with Crippen LogP contribution in [0.3, 0.4) is 0 Å². The summed E-state index contributed by atoms with van der Waals surface area (Å²) in [5.41, 5.74) is 2.16. The third-order valence-corrected chi connectivity index (χ3v) is 2.29. The van der Waals surface area contributed by atoms with Crippen molar-refractivity contribution in [1.82, 2.24) is 4.98 Å². The van der Waals surface area contributed by atoms with Gasteiger partial charge in [-0.3, -0.25) is 0 Å². The topological polar surface area (TPSA) is 56.9 Å². The van der Waals surface area contributed by atoms with Crippen LogP contribution in [0.25, 0.3) is 0 Å². The van der Waals surface area contributed by atoms with Gasteiger partial charge in [-0.2, -0.15) is 5.26 Å². The molecule has 0 unspecified atom stereocenters. The van der Waals surface area contributed by atoms with Crippen LogP contribution in [-0.4, -0.2) is 10.1 Å². The minimum atomic E-state index is -0.0681. The number of aliphatic hydroxyl groups excluding tert-OH is 1. The number of hydrogen-bond acceptors (Lipinski definition) is 3. The first-order valence-corrected chi connectivity index (χ1v) is 4.36. The van der Waals surface area contributed by atoms with E-state index >= 15 is 0 Å². The molecule has 0 spiro atoms. The molecule has 1 aromatic heterocycles. The van der Waals surface area contributed by atoms with Gasteiger partial charge in [0.1, 0.15) is 11.8 Å². The fourth-order valence-electron chi connectivity index (χ4n) is 1.47. The number of rotatable bonds is 2. The highest BCUT2D eigenvalue weighted by Gasteiger charge is 2.26. The van der Waals surface area contributed by atoms with Crippen molar-refractivity contribution in [1.29, 1.82) is 5.26 Å². The minimum absolute atomic E-state index is 0.0681. The Kier molecular flexibility index (Phi) is 1.99. The third kappa shape index (κ3) is 1.53. The van der Waals surface area contributed by atoms with Crippen molar-refractivity contribution in [2.75, 3.05) is 0 Å². The number of pyridine rings is 1. The summed E-state index contributed by atoms with van der Waals surface area (Å²) in [4.78, 5) is 4.06. The molecule has 1 saturated carbocycles. The van der Waals surface area contributed by atoms with Gasteiger partial charge in [-0.05, 0) is 30.4 Å². The Morgan fingerprint density at radius 2 is 2.31 bits per heavy atom. The lowest BCUT2D eigenvalue weighted by Crippen LogP contribution is -1.98. The molecule has 0 amide bonds. The Labute approximate surface area is 76.7 Å². The van der Waals surface area contributed by atoms with E-state index in [1.165, 1.54) is 12.8 Å². The van der Waals surface area contributed by atoms with E-state index in [2.05, 4.69) is 4.98 Å². The van der Waals surface area contributed by atoms with Gasteiger partial charge in [-0.1, -0.05) is 6.07 Å². The molecular formula is C10H10N2O. The first-order valence-electron chi connectivity index (χ1n) is 4.36. The molecule has 1 aromatic rings. The average Bonchev–Trinajstić information content (AvgIpc) is 3.00. The molecule has 1 aliphatic rings. The van der Waals surface area contributed by atoms with Crippen LogP contribution in [0.1, 0.15) is 35.7 Å². The summed E-state index contributed by atoms with van der Waals surface area (Å²) in [5.74, 6) is 0.572. The van der Waals surface area contributed by atoms with E-state index < -0.39 is 0 Å². The standard InChI is InChI=1S/C10H10N2O/c11-5-8-3-4-9(7-1-2-7)10(6-13)12-8/h3-4,7,13H,1-2,6H2. The van der Waals surface area contributed by atoms with Crippen molar-refractivity contribution < 1.29 is 5.11 Å². The fraction of sp³-hybridized carbons (Fsp3) is 0.400. The molecule has 0 atom stereocenters. The van der Waals surface area contributed by atoms with Crippen LogP contribution in [-0.2, 0) is 6.61 Å². The van der Waals surface area contributed by atoms with Crippen molar-refractivity contribution in [2.24, 2.45) is 0 Å². The van der Waals surface area contributed by atoms with Crippen molar-refractivity contribution in [3.8, 4) is 6.07 Å². The van der Waals surface area contributed by atoms with Crippen LogP contribution in [0.15, 0.2) is 12.1 Å². The van der Waals surface area contributed by atoms with Crippen LogP contribution in [0, 0.1) is 11.3 Å². The molecule has 1 fully saturated rings. The molecule has 1 N–H and O–H groups in total. The zero-order chi connectivity index (χ0) is 9.26. The van der Waals surface area contributed by atoms with Crippen LogP contribution < -0.4 is 0 Å². The normalized spacial score (nSPS) is 15.4. The molecule has 1 heterocycles. The Balaban J connectivity index is 2.40. The van der Waals surface area contributed by atoms with E-state index in [-0.39, 0.29) is 6.61 Å². The van der Waals surface area contributed by atoms with E-state index in [1.807, 2.05) is 12.1 Å². The largest absolute Gasteiger partial charge is 0.390 e. The van der Waals surface area contributed by atoms with Gasteiger partial charge >= 0.3 is 0 Å². The van der Waals surface area contributed by atoms with Gasteiger partial charge in [-0.15, -0.1) is 0 Å². The highest BCUT2D eigenvalue weighted by molar-refractivity contribution is 5.33. The summed E-state index contributed by atoms with van der Waals surface area (Å²) in [6.07, 6.45) is 2.36. The summed E-state index contributed by atoms with van der Waals surface area (Å²) in [6.45, 7) is -0.0681. The lowest BCUT2D eigenvalue weighted by molar-refractivity contribution is 0.275. The molecule has 0 saturated heterocycles. The highest BCUT2D eigenvalue weighted by atomic mass is 16.3. The Hall–Kier alpha value is -1.40. The van der Waals surface area contributed by atoms with Crippen molar-refractivity contribution >= 4 is 0 Å². The quantitative estimate of drug-likeness (QED) is 0.735. The van der Waals surface area contributed by atoms with Gasteiger partial charge in [0.15, 0.2) is 0 Å². The zero-order valence-electron chi connectivity index (χ0n) is 7.20. The van der Waals surface area contributed by atoms with E-state index in [0.717, 1.165) is 5.56 Å². The second kappa shape index (κ2) is 3.15. The molecule has 3 heteroatoms. The first-order chi connectivity index (χ1) is 6.35. The first kappa shape index (κ1) is 8.21. The van der Waals surface area contributed by atoms with Gasteiger partial charge in [0.05, 0.1) is 12.3 Å². The third-order valence-electron chi connectivity index (χ3n) is 2.29. The fourth-order valence-corrected chi connectivity index (χ4v) is 1.47. The predicted molar refractivity (Wildman–Crippen MR) is 46.8 cm³/mol.